The summed E-state index contributed by atoms with van der Waals surface area (Å²) in [6.07, 6.45) is 0. The van der Waals surface area contributed by atoms with Gasteiger partial charge in [-0.2, -0.15) is 9.98 Å². The molecule has 1 aromatic heterocycles. The molecule has 1 amide bonds. The molecular formula is C13H14N4O3. The molecule has 0 radical (unpaired) electrons. The number of guanidine groups is 1. The molecule has 0 spiro atoms. The van der Waals surface area contributed by atoms with Gasteiger partial charge in [0, 0.05) is 5.56 Å². The number of aromatic nitrogens is 1. The van der Waals surface area contributed by atoms with Crippen LogP contribution in [-0.4, -0.2) is 23.5 Å². The molecule has 7 heteroatoms. The number of carbonyl (C=O) groups excluding carboxylic acids is 1. The smallest absolute Gasteiger partial charge is 0.319 e. The van der Waals surface area contributed by atoms with Crippen LogP contribution >= 0.6 is 0 Å². The van der Waals surface area contributed by atoms with Crippen molar-refractivity contribution in [2.75, 3.05) is 6.61 Å². The molecule has 104 valence electrons. The minimum atomic E-state index is -0.709. The Morgan fingerprint density at radius 2 is 2.05 bits per heavy atom. The number of oxazole rings is 1. The zero-order valence-corrected chi connectivity index (χ0v) is 10.9. The zero-order chi connectivity index (χ0) is 14.5. The van der Waals surface area contributed by atoms with Crippen LogP contribution in [0.25, 0.3) is 11.5 Å². The van der Waals surface area contributed by atoms with Crippen molar-refractivity contribution in [3.63, 3.8) is 0 Å². The summed E-state index contributed by atoms with van der Waals surface area (Å²) >= 11 is 0. The molecule has 0 aliphatic rings. The van der Waals surface area contributed by atoms with E-state index in [1.54, 1.807) is 19.1 Å². The molecule has 4 N–H and O–H groups in total. The number of benzene rings is 1. The van der Waals surface area contributed by atoms with Crippen molar-refractivity contribution in [2.45, 2.75) is 6.92 Å². The standard InChI is InChI=1S/C13H14N4O3/c1-2-19-12-9(10(18)17-13(14)15)16-11(20-12)8-6-4-3-5-7-8/h3-7H,2H2,1H3,(H4,14,15,17,18). The van der Waals surface area contributed by atoms with Gasteiger partial charge in [-0.05, 0) is 19.1 Å². The van der Waals surface area contributed by atoms with Crippen molar-refractivity contribution >= 4 is 11.9 Å². The van der Waals surface area contributed by atoms with Crippen LogP contribution in [-0.2, 0) is 0 Å². The first-order valence-electron chi connectivity index (χ1n) is 5.94. The molecule has 0 saturated heterocycles. The molecule has 1 heterocycles. The highest BCUT2D eigenvalue weighted by Crippen LogP contribution is 2.27. The van der Waals surface area contributed by atoms with Gasteiger partial charge in [-0.15, -0.1) is 0 Å². The lowest BCUT2D eigenvalue weighted by Crippen LogP contribution is -2.24. The number of hydrogen-bond donors (Lipinski definition) is 2. The minimum absolute atomic E-state index is 0.00125. The maximum absolute atomic E-state index is 11.8. The largest absolute Gasteiger partial charge is 0.464 e. The second-order valence-electron chi connectivity index (χ2n) is 3.80. The van der Waals surface area contributed by atoms with Gasteiger partial charge in [0.15, 0.2) is 5.96 Å². The summed E-state index contributed by atoms with van der Waals surface area (Å²) in [5, 5.41) is 0. The Balaban J connectivity index is 2.43. The predicted molar refractivity (Wildman–Crippen MR) is 73.2 cm³/mol. The van der Waals surface area contributed by atoms with Crippen LogP contribution in [0.4, 0.5) is 0 Å². The molecule has 0 fully saturated rings. The van der Waals surface area contributed by atoms with Crippen LogP contribution in [0, 0.1) is 0 Å². The average Bonchev–Trinajstić information content (AvgIpc) is 2.83. The van der Waals surface area contributed by atoms with Gasteiger partial charge in [0.05, 0.1) is 6.61 Å². The van der Waals surface area contributed by atoms with E-state index in [1.165, 1.54) is 0 Å². The molecule has 20 heavy (non-hydrogen) atoms. The molecule has 0 aliphatic carbocycles. The van der Waals surface area contributed by atoms with Gasteiger partial charge in [0.2, 0.25) is 11.6 Å². The van der Waals surface area contributed by atoms with E-state index >= 15 is 0 Å². The van der Waals surface area contributed by atoms with Crippen LogP contribution in [0.1, 0.15) is 17.4 Å². The molecule has 0 saturated carbocycles. The van der Waals surface area contributed by atoms with E-state index in [9.17, 15) is 4.79 Å². The summed E-state index contributed by atoms with van der Waals surface area (Å²) in [6.45, 7) is 2.09. The number of amides is 1. The quantitative estimate of drug-likeness (QED) is 0.638. The molecule has 7 nitrogen and oxygen atoms in total. The Morgan fingerprint density at radius 3 is 2.65 bits per heavy atom. The first-order valence-corrected chi connectivity index (χ1v) is 5.94. The normalized spacial score (nSPS) is 10.1. The number of ether oxygens (including phenoxy) is 1. The second kappa shape index (κ2) is 5.87. The fourth-order valence-corrected chi connectivity index (χ4v) is 1.54. The second-order valence-corrected chi connectivity index (χ2v) is 3.80. The Labute approximate surface area is 115 Å². The molecule has 0 bridgehead atoms. The third-order valence-corrected chi connectivity index (χ3v) is 2.33. The average molecular weight is 274 g/mol. The number of nitrogens with two attached hydrogens (primary N) is 2. The lowest BCUT2D eigenvalue weighted by molar-refractivity contribution is 0.0992. The molecule has 1 aromatic carbocycles. The number of aliphatic imine (C=N–C) groups is 1. The van der Waals surface area contributed by atoms with Crippen LogP contribution in [0.5, 0.6) is 5.95 Å². The van der Waals surface area contributed by atoms with Gasteiger partial charge in [-0.25, -0.2) is 0 Å². The Morgan fingerprint density at radius 1 is 1.35 bits per heavy atom. The minimum Gasteiger partial charge on any atom is -0.464 e. The van der Waals surface area contributed by atoms with Gasteiger partial charge >= 0.3 is 11.9 Å². The van der Waals surface area contributed by atoms with E-state index in [4.69, 9.17) is 20.6 Å². The van der Waals surface area contributed by atoms with Crippen LogP contribution in [0.2, 0.25) is 0 Å². The molecule has 0 atom stereocenters. The van der Waals surface area contributed by atoms with E-state index in [2.05, 4.69) is 9.98 Å². The van der Waals surface area contributed by atoms with Crippen molar-refractivity contribution in [3.05, 3.63) is 36.0 Å². The van der Waals surface area contributed by atoms with Gasteiger partial charge < -0.3 is 20.6 Å². The summed E-state index contributed by atoms with van der Waals surface area (Å²) in [5.74, 6) is -0.786. The third kappa shape index (κ3) is 2.94. The van der Waals surface area contributed by atoms with Crippen LogP contribution in [0.15, 0.2) is 39.7 Å². The molecule has 2 aromatic rings. The van der Waals surface area contributed by atoms with Gasteiger partial charge in [0.1, 0.15) is 0 Å². The first-order chi connectivity index (χ1) is 9.61. The molecule has 0 unspecified atom stereocenters. The lowest BCUT2D eigenvalue weighted by Gasteiger charge is -1.98. The summed E-state index contributed by atoms with van der Waals surface area (Å²) in [5.41, 5.74) is 11.0. The van der Waals surface area contributed by atoms with E-state index in [-0.39, 0.29) is 23.5 Å². The summed E-state index contributed by atoms with van der Waals surface area (Å²) < 4.78 is 10.7. The number of hydrogen-bond acceptors (Lipinski definition) is 4. The Bertz CT molecular complexity index is 630. The summed E-state index contributed by atoms with van der Waals surface area (Å²) in [4.78, 5) is 19.4. The molecule has 0 aliphatic heterocycles. The maximum Gasteiger partial charge on any atom is 0.319 e. The van der Waals surface area contributed by atoms with E-state index in [0.717, 1.165) is 5.56 Å². The van der Waals surface area contributed by atoms with Crippen molar-refractivity contribution in [1.29, 1.82) is 0 Å². The fourth-order valence-electron chi connectivity index (χ4n) is 1.54. The maximum atomic E-state index is 11.8. The highest BCUT2D eigenvalue weighted by Gasteiger charge is 2.22. The van der Waals surface area contributed by atoms with Crippen molar-refractivity contribution in [3.8, 4) is 17.4 Å². The molecular weight excluding hydrogens is 260 g/mol. The zero-order valence-electron chi connectivity index (χ0n) is 10.9. The van der Waals surface area contributed by atoms with Crippen LogP contribution in [0.3, 0.4) is 0 Å². The van der Waals surface area contributed by atoms with Gasteiger partial charge in [-0.1, -0.05) is 18.2 Å². The predicted octanol–water partition coefficient (Wildman–Crippen LogP) is 1.15. The SMILES string of the molecule is CCOc1oc(-c2ccccc2)nc1C(=O)N=C(N)N. The van der Waals surface area contributed by atoms with Crippen LogP contribution < -0.4 is 16.2 Å². The van der Waals surface area contributed by atoms with Crippen molar-refractivity contribution in [1.82, 2.24) is 4.98 Å². The fraction of sp³-hybridized carbons (Fsp3) is 0.154. The van der Waals surface area contributed by atoms with Crippen molar-refractivity contribution in [2.24, 2.45) is 16.5 Å². The summed E-state index contributed by atoms with van der Waals surface area (Å²) in [6, 6.07) is 9.13. The Hall–Kier alpha value is -2.83. The third-order valence-electron chi connectivity index (χ3n) is 2.33. The summed E-state index contributed by atoms with van der Waals surface area (Å²) in [7, 11) is 0. The van der Waals surface area contributed by atoms with E-state index in [0.29, 0.717) is 6.61 Å². The monoisotopic (exact) mass is 274 g/mol. The number of nitrogens with zero attached hydrogens (tertiary/aromatic N) is 2. The highest BCUT2D eigenvalue weighted by molar-refractivity contribution is 6.02. The van der Waals surface area contributed by atoms with Crippen molar-refractivity contribution < 1.29 is 13.9 Å². The number of rotatable bonds is 4. The van der Waals surface area contributed by atoms with E-state index < -0.39 is 5.91 Å². The molecule has 2 rings (SSSR count). The topological polar surface area (TPSA) is 117 Å². The number of carbonyl (C=O) groups is 1. The lowest BCUT2D eigenvalue weighted by atomic mass is 10.2. The first kappa shape index (κ1) is 13.6. The Kier molecular flexibility index (Phi) is 3.99. The van der Waals surface area contributed by atoms with Gasteiger partial charge in [-0.3, -0.25) is 4.79 Å². The highest BCUT2D eigenvalue weighted by atomic mass is 16.6. The van der Waals surface area contributed by atoms with Gasteiger partial charge in [0.25, 0.3) is 0 Å². The van der Waals surface area contributed by atoms with E-state index in [1.807, 2.05) is 18.2 Å².